The molecule has 1 aromatic carbocycles. The molecule has 1 amide bonds. The quantitative estimate of drug-likeness (QED) is 0.894. The van der Waals surface area contributed by atoms with E-state index in [0.29, 0.717) is 13.0 Å². The Morgan fingerprint density at radius 2 is 2.05 bits per heavy atom. The molecule has 0 aliphatic carbocycles. The number of aliphatic hydroxyl groups is 1. The van der Waals surface area contributed by atoms with Crippen molar-refractivity contribution in [3.05, 3.63) is 35.9 Å². The second-order valence-electron chi connectivity index (χ2n) is 6.30. The van der Waals surface area contributed by atoms with Gasteiger partial charge in [0.25, 0.3) is 0 Å². The summed E-state index contributed by atoms with van der Waals surface area (Å²) in [5.74, 6) is 0.00223. The summed E-state index contributed by atoms with van der Waals surface area (Å²) in [6.07, 6.45) is 2.88. The molecule has 1 fully saturated rings. The number of likely N-dealkylation sites (tertiary alicyclic amines) is 1. The smallest absolute Gasteiger partial charge is 0.224 e. The lowest BCUT2D eigenvalue weighted by Crippen LogP contribution is -2.50. The molecule has 1 saturated heterocycles. The molecular formula is C17H26N2O2. The predicted octanol–water partition coefficient (Wildman–Crippen LogP) is 1.53. The van der Waals surface area contributed by atoms with Crippen molar-refractivity contribution in [2.24, 2.45) is 0 Å². The zero-order valence-corrected chi connectivity index (χ0v) is 13.1. The van der Waals surface area contributed by atoms with E-state index in [0.717, 1.165) is 25.9 Å². The second-order valence-corrected chi connectivity index (χ2v) is 6.30. The molecule has 0 radical (unpaired) electrons. The van der Waals surface area contributed by atoms with Gasteiger partial charge < -0.3 is 14.9 Å². The third-order valence-corrected chi connectivity index (χ3v) is 4.17. The summed E-state index contributed by atoms with van der Waals surface area (Å²) in [4.78, 5) is 15.7. The van der Waals surface area contributed by atoms with E-state index in [1.54, 1.807) is 19.0 Å². The third-order valence-electron chi connectivity index (χ3n) is 4.17. The lowest BCUT2D eigenvalue weighted by atomic mass is 9.89. The molecule has 1 aromatic rings. The van der Waals surface area contributed by atoms with Gasteiger partial charge in [-0.25, -0.2) is 0 Å². The minimum absolute atomic E-state index is 0.00223. The van der Waals surface area contributed by atoms with Gasteiger partial charge in [-0.15, -0.1) is 0 Å². The second kappa shape index (κ2) is 7.05. The van der Waals surface area contributed by atoms with Gasteiger partial charge in [-0.05, 0) is 31.4 Å². The van der Waals surface area contributed by atoms with Crippen molar-refractivity contribution in [2.75, 3.05) is 33.7 Å². The number of rotatable bonds is 5. The molecule has 4 nitrogen and oxygen atoms in total. The van der Waals surface area contributed by atoms with E-state index in [9.17, 15) is 9.90 Å². The largest absolute Gasteiger partial charge is 0.388 e. The summed E-state index contributed by atoms with van der Waals surface area (Å²) in [5, 5.41) is 10.7. The number of carbonyl (C=O) groups excluding carboxylic acids is 1. The Hall–Kier alpha value is -1.39. The summed E-state index contributed by atoms with van der Waals surface area (Å²) >= 11 is 0. The average molecular weight is 290 g/mol. The fourth-order valence-electron chi connectivity index (χ4n) is 2.91. The number of hydrogen-bond donors (Lipinski definition) is 1. The van der Waals surface area contributed by atoms with Gasteiger partial charge in [0, 0.05) is 27.2 Å². The van der Waals surface area contributed by atoms with Crippen molar-refractivity contribution in [1.82, 2.24) is 9.80 Å². The first-order valence-corrected chi connectivity index (χ1v) is 7.67. The minimum atomic E-state index is -0.865. The molecule has 4 heteroatoms. The van der Waals surface area contributed by atoms with Crippen LogP contribution in [0.25, 0.3) is 0 Å². The third kappa shape index (κ3) is 4.83. The van der Waals surface area contributed by atoms with Gasteiger partial charge in [0.15, 0.2) is 0 Å². The summed E-state index contributed by atoms with van der Waals surface area (Å²) in [7, 11) is 3.48. The molecule has 1 heterocycles. The predicted molar refractivity (Wildman–Crippen MR) is 84.1 cm³/mol. The van der Waals surface area contributed by atoms with Crippen LogP contribution in [0.4, 0.5) is 0 Å². The Morgan fingerprint density at radius 3 is 2.71 bits per heavy atom. The van der Waals surface area contributed by atoms with Crippen molar-refractivity contribution < 1.29 is 9.90 Å². The van der Waals surface area contributed by atoms with Crippen LogP contribution in [0, 0.1) is 0 Å². The molecule has 0 saturated carbocycles. The number of carbonyl (C=O) groups is 1. The van der Waals surface area contributed by atoms with Crippen molar-refractivity contribution in [3.63, 3.8) is 0 Å². The van der Waals surface area contributed by atoms with E-state index >= 15 is 0 Å². The van der Waals surface area contributed by atoms with E-state index in [-0.39, 0.29) is 12.3 Å². The molecule has 0 aromatic heterocycles. The van der Waals surface area contributed by atoms with E-state index in [1.165, 1.54) is 5.56 Å². The van der Waals surface area contributed by atoms with Gasteiger partial charge in [-0.1, -0.05) is 30.3 Å². The molecule has 1 aliphatic rings. The first-order chi connectivity index (χ1) is 9.98. The Morgan fingerprint density at radius 1 is 1.33 bits per heavy atom. The number of piperidine rings is 1. The average Bonchev–Trinajstić information content (AvgIpc) is 2.46. The highest BCUT2D eigenvalue weighted by Gasteiger charge is 2.35. The normalized spacial score (nSPS) is 23.0. The lowest BCUT2D eigenvalue weighted by Gasteiger charge is -2.39. The summed E-state index contributed by atoms with van der Waals surface area (Å²) in [5.41, 5.74) is 0.451. The topological polar surface area (TPSA) is 43.8 Å². The minimum Gasteiger partial charge on any atom is -0.388 e. The molecule has 1 atom stereocenters. The van der Waals surface area contributed by atoms with Gasteiger partial charge >= 0.3 is 0 Å². The van der Waals surface area contributed by atoms with Gasteiger partial charge in [0.2, 0.25) is 5.91 Å². The number of benzene rings is 1. The molecule has 0 bridgehead atoms. The van der Waals surface area contributed by atoms with Crippen LogP contribution >= 0.6 is 0 Å². The highest BCUT2D eigenvalue weighted by Crippen LogP contribution is 2.25. The van der Waals surface area contributed by atoms with Crippen molar-refractivity contribution in [3.8, 4) is 0 Å². The Balaban J connectivity index is 1.86. The molecule has 1 N–H and O–H groups in total. The number of β-amino-alcohol motifs (C(OH)–C–C–N with tert-alkyl or cyclic N) is 1. The molecule has 21 heavy (non-hydrogen) atoms. The van der Waals surface area contributed by atoms with Crippen molar-refractivity contribution in [2.45, 2.75) is 31.3 Å². The van der Waals surface area contributed by atoms with Crippen LogP contribution in [0.2, 0.25) is 0 Å². The summed E-state index contributed by atoms with van der Waals surface area (Å²) in [6.45, 7) is 2.53. The Bertz CT molecular complexity index is 461. The lowest BCUT2D eigenvalue weighted by molar-refractivity contribution is -0.136. The Kier molecular flexibility index (Phi) is 5.37. The molecular weight excluding hydrogens is 264 g/mol. The molecule has 2 rings (SSSR count). The maximum absolute atomic E-state index is 11.8. The van der Waals surface area contributed by atoms with Crippen LogP contribution in [0.15, 0.2) is 30.3 Å². The van der Waals surface area contributed by atoms with Crippen LogP contribution in [0.1, 0.15) is 24.8 Å². The monoisotopic (exact) mass is 290 g/mol. The van der Waals surface area contributed by atoms with Gasteiger partial charge in [-0.2, -0.15) is 0 Å². The molecule has 0 spiro atoms. The van der Waals surface area contributed by atoms with Crippen molar-refractivity contribution >= 4 is 5.91 Å². The summed E-state index contributed by atoms with van der Waals surface area (Å²) in [6, 6.07) is 10.4. The van der Waals surface area contributed by atoms with Crippen molar-refractivity contribution in [1.29, 1.82) is 0 Å². The fourth-order valence-corrected chi connectivity index (χ4v) is 2.91. The van der Waals surface area contributed by atoms with E-state index in [1.807, 2.05) is 6.07 Å². The van der Waals surface area contributed by atoms with Crippen LogP contribution < -0.4 is 0 Å². The zero-order chi connectivity index (χ0) is 15.3. The van der Waals surface area contributed by atoms with Gasteiger partial charge in [0.05, 0.1) is 12.0 Å². The fraction of sp³-hybridized carbons (Fsp3) is 0.588. The number of amides is 1. The maximum Gasteiger partial charge on any atom is 0.224 e. The van der Waals surface area contributed by atoms with Crippen LogP contribution in [-0.4, -0.2) is 60.1 Å². The van der Waals surface area contributed by atoms with Gasteiger partial charge in [0.1, 0.15) is 0 Å². The SMILES string of the molecule is CN(C)C(=O)CC1(O)CCCN(CCc2ccccc2)C1. The number of hydrogen-bond acceptors (Lipinski definition) is 3. The van der Waals surface area contributed by atoms with E-state index in [4.69, 9.17) is 0 Å². The number of nitrogens with zero attached hydrogens (tertiary/aromatic N) is 2. The standard InChI is InChI=1S/C17H26N2O2/c1-18(2)16(20)13-17(21)10-6-11-19(14-17)12-9-15-7-4-3-5-8-15/h3-5,7-8,21H,6,9-14H2,1-2H3. The van der Waals surface area contributed by atoms with Gasteiger partial charge in [-0.3, -0.25) is 4.79 Å². The molecule has 1 aliphatic heterocycles. The first kappa shape index (κ1) is 16.0. The zero-order valence-electron chi connectivity index (χ0n) is 13.1. The highest BCUT2D eigenvalue weighted by molar-refractivity contribution is 5.76. The molecule has 1 unspecified atom stereocenters. The van der Waals surface area contributed by atoms with Crippen LogP contribution in [-0.2, 0) is 11.2 Å². The summed E-state index contributed by atoms with van der Waals surface area (Å²) < 4.78 is 0. The van der Waals surface area contributed by atoms with Crippen LogP contribution in [0.3, 0.4) is 0 Å². The molecule has 116 valence electrons. The van der Waals surface area contributed by atoms with E-state index < -0.39 is 5.60 Å². The maximum atomic E-state index is 11.8. The van der Waals surface area contributed by atoms with E-state index in [2.05, 4.69) is 29.2 Å². The van der Waals surface area contributed by atoms with Crippen LogP contribution in [0.5, 0.6) is 0 Å². The highest BCUT2D eigenvalue weighted by atomic mass is 16.3. The first-order valence-electron chi connectivity index (χ1n) is 7.67. The Labute approximate surface area is 127 Å².